The van der Waals surface area contributed by atoms with Crippen LogP contribution in [0.1, 0.15) is 19.5 Å². The SMILES string of the molecule is Cc1[c]ccc(OC(C)C)n1. The lowest BCUT2D eigenvalue weighted by atomic mass is 10.4. The summed E-state index contributed by atoms with van der Waals surface area (Å²) in [5, 5.41) is 0. The highest BCUT2D eigenvalue weighted by atomic mass is 16.5. The van der Waals surface area contributed by atoms with Crippen molar-refractivity contribution in [2.45, 2.75) is 26.9 Å². The van der Waals surface area contributed by atoms with Crippen molar-refractivity contribution in [1.82, 2.24) is 4.98 Å². The molecule has 1 aromatic rings. The third-order valence-corrected chi connectivity index (χ3v) is 1.15. The molecular weight excluding hydrogens is 138 g/mol. The van der Waals surface area contributed by atoms with E-state index in [9.17, 15) is 0 Å². The van der Waals surface area contributed by atoms with Gasteiger partial charge >= 0.3 is 0 Å². The average Bonchev–Trinajstić information content (AvgIpc) is 1.85. The van der Waals surface area contributed by atoms with Crippen LogP contribution in [0.3, 0.4) is 0 Å². The summed E-state index contributed by atoms with van der Waals surface area (Å²) in [6, 6.07) is 6.59. The summed E-state index contributed by atoms with van der Waals surface area (Å²) in [5.74, 6) is 0.677. The van der Waals surface area contributed by atoms with Crippen LogP contribution in [0.4, 0.5) is 0 Å². The quantitative estimate of drug-likeness (QED) is 0.643. The molecule has 0 aliphatic heterocycles. The molecule has 2 nitrogen and oxygen atoms in total. The van der Waals surface area contributed by atoms with Crippen molar-refractivity contribution in [3.63, 3.8) is 0 Å². The van der Waals surface area contributed by atoms with E-state index in [-0.39, 0.29) is 6.10 Å². The molecule has 0 aliphatic carbocycles. The van der Waals surface area contributed by atoms with Crippen LogP contribution < -0.4 is 4.74 Å². The van der Waals surface area contributed by atoms with Gasteiger partial charge in [-0.05, 0) is 26.8 Å². The van der Waals surface area contributed by atoms with Gasteiger partial charge in [0.15, 0.2) is 0 Å². The first-order valence-electron chi connectivity index (χ1n) is 3.70. The molecule has 0 saturated heterocycles. The molecule has 0 atom stereocenters. The number of aromatic nitrogens is 1. The Morgan fingerprint density at radius 3 is 2.82 bits per heavy atom. The molecule has 1 heterocycles. The van der Waals surface area contributed by atoms with Crippen molar-refractivity contribution in [3.05, 3.63) is 23.9 Å². The lowest BCUT2D eigenvalue weighted by Crippen LogP contribution is -2.06. The summed E-state index contributed by atoms with van der Waals surface area (Å²) in [6.07, 6.45) is 0.185. The van der Waals surface area contributed by atoms with Crippen molar-refractivity contribution in [2.24, 2.45) is 0 Å². The van der Waals surface area contributed by atoms with Crippen molar-refractivity contribution < 1.29 is 4.74 Å². The zero-order chi connectivity index (χ0) is 8.27. The first-order valence-corrected chi connectivity index (χ1v) is 3.70. The van der Waals surface area contributed by atoms with Crippen LogP contribution in [0.5, 0.6) is 5.88 Å². The molecular formula is C9H12NO. The van der Waals surface area contributed by atoms with Crippen molar-refractivity contribution in [3.8, 4) is 5.88 Å². The maximum Gasteiger partial charge on any atom is 0.213 e. The van der Waals surface area contributed by atoms with Gasteiger partial charge in [-0.15, -0.1) is 0 Å². The molecule has 2 heteroatoms. The van der Waals surface area contributed by atoms with E-state index in [1.54, 1.807) is 0 Å². The molecule has 0 bridgehead atoms. The Morgan fingerprint density at radius 1 is 1.55 bits per heavy atom. The second kappa shape index (κ2) is 3.37. The number of rotatable bonds is 2. The molecule has 0 amide bonds. The third kappa shape index (κ3) is 2.58. The Bertz CT molecular complexity index is 233. The van der Waals surface area contributed by atoms with E-state index >= 15 is 0 Å². The normalized spacial score (nSPS) is 10.2. The number of ether oxygens (including phenoxy) is 1. The fourth-order valence-electron chi connectivity index (χ4n) is 0.776. The minimum Gasteiger partial charge on any atom is -0.475 e. The van der Waals surface area contributed by atoms with Crippen LogP contribution in [0, 0.1) is 13.0 Å². The molecule has 1 radical (unpaired) electrons. The summed E-state index contributed by atoms with van der Waals surface area (Å²) >= 11 is 0. The summed E-state index contributed by atoms with van der Waals surface area (Å²) in [7, 11) is 0. The number of pyridine rings is 1. The summed E-state index contributed by atoms with van der Waals surface area (Å²) in [4.78, 5) is 4.14. The first-order chi connectivity index (χ1) is 5.18. The van der Waals surface area contributed by atoms with Crippen molar-refractivity contribution in [1.29, 1.82) is 0 Å². The van der Waals surface area contributed by atoms with Crippen LogP contribution in [-0.2, 0) is 0 Å². The van der Waals surface area contributed by atoms with E-state index in [0.717, 1.165) is 5.69 Å². The van der Waals surface area contributed by atoms with Gasteiger partial charge in [0.05, 0.1) is 6.10 Å². The predicted octanol–water partition coefficient (Wildman–Crippen LogP) is 1.98. The van der Waals surface area contributed by atoms with E-state index in [1.165, 1.54) is 0 Å². The highest BCUT2D eigenvalue weighted by molar-refractivity contribution is 5.13. The molecule has 0 aliphatic rings. The molecule has 0 fully saturated rings. The van der Waals surface area contributed by atoms with Gasteiger partial charge in [0.2, 0.25) is 5.88 Å². The minimum atomic E-state index is 0.185. The van der Waals surface area contributed by atoms with Crippen LogP contribution in [0.25, 0.3) is 0 Å². The molecule has 0 saturated carbocycles. The number of hydrogen-bond donors (Lipinski definition) is 0. The van der Waals surface area contributed by atoms with Crippen LogP contribution in [0.2, 0.25) is 0 Å². The van der Waals surface area contributed by atoms with Gasteiger partial charge < -0.3 is 4.74 Å². The zero-order valence-corrected chi connectivity index (χ0v) is 7.09. The van der Waals surface area contributed by atoms with Gasteiger partial charge in [-0.25, -0.2) is 4.98 Å². The van der Waals surface area contributed by atoms with Gasteiger partial charge in [-0.1, -0.05) is 0 Å². The van der Waals surface area contributed by atoms with Crippen LogP contribution in [0.15, 0.2) is 12.1 Å². The van der Waals surface area contributed by atoms with Gasteiger partial charge in [-0.3, -0.25) is 0 Å². The number of nitrogens with zero attached hydrogens (tertiary/aromatic N) is 1. The van der Waals surface area contributed by atoms with Gasteiger partial charge in [0.1, 0.15) is 0 Å². The Hall–Kier alpha value is -1.05. The van der Waals surface area contributed by atoms with E-state index in [1.807, 2.05) is 32.9 Å². The van der Waals surface area contributed by atoms with Gasteiger partial charge in [-0.2, -0.15) is 0 Å². The fraction of sp³-hybridized carbons (Fsp3) is 0.444. The summed E-state index contributed by atoms with van der Waals surface area (Å²) < 4.78 is 5.36. The Kier molecular flexibility index (Phi) is 2.47. The second-order valence-corrected chi connectivity index (χ2v) is 2.68. The zero-order valence-electron chi connectivity index (χ0n) is 7.09. The largest absolute Gasteiger partial charge is 0.475 e. The average molecular weight is 150 g/mol. The highest BCUT2D eigenvalue weighted by Crippen LogP contribution is 2.07. The molecule has 1 aromatic heterocycles. The molecule has 0 spiro atoms. The monoisotopic (exact) mass is 150 g/mol. The van der Waals surface area contributed by atoms with E-state index in [2.05, 4.69) is 11.1 Å². The molecule has 11 heavy (non-hydrogen) atoms. The maximum absolute atomic E-state index is 5.36. The predicted molar refractivity (Wildman–Crippen MR) is 43.6 cm³/mol. The van der Waals surface area contributed by atoms with E-state index in [0.29, 0.717) is 5.88 Å². The van der Waals surface area contributed by atoms with E-state index in [4.69, 9.17) is 4.74 Å². The van der Waals surface area contributed by atoms with Gasteiger partial charge in [0.25, 0.3) is 0 Å². The fourth-order valence-corrected chi connectivity index (χ4v) is 0.776. The Balaban J connectivity index is 2.71. The van der Waals surface area contributed by atoms with Crippen molar-refractivity contribution >= 4 is 0 Å². The molecule has 0 unspecified atom stereocenters. The standard InChI is InChI=1S/C9H12NO/c1-7(2)11-9-6-4-5-8(3)10-9/h4,6-7H,1-3H3. The van der Waals surface area contributed by atoms with Crippen LogP contribution >= 0.6 is 0 Å². The van der Waals surface area contributed by atoms with Gasteiger partial charge in [0, 0.05) is 17.8 Å². The lowest BCUT2D eigenvalue weighted by molar-refractivity contribution is 0.232. The van der Waals surface area contributed by atoms with Crippen molar-refractivity contribution in [2.75, 3.05) is 0 Å². The summed E-state index contributed by atoms with van der Waals surface area (Å²) in [5.41, 5.74) is 0.864. The number of aryl methyl sites for hydroxylation is 1. The molecule has 1 rings (SSSR count). The molecule has 59 valence electrons. The Morgan fingerprint density at radius 2 is 2.27 bits per heavy atom. The van der Waals surface area contributed by atoms with Crippen LogP contribution in [-0.4, -0.2) is 11.1 Å². The second-order valence-electron chi connectivity index (χ2n) is 2.68. The molecule has 0 N–H and O–H groups in total. The smallest absolute Gasteiger partial charge is 0.213 e. The lowest BCUT2D eigenvalue weighted by Gasteiger charge is -2.07. The third-order valence-electron chi connectivity index (χ3n) is 1.15. The Labute approximate surface area is 67.2 Å². The highest BCUT2D eigenvalue weighted by Gasteiger charge is 1.97. The first kappa shape index (κ1) is 8.05. The minimum absolute atomic E-state index is 0.185. The maximum atomic E-state index is 5.36. The van der Waals surface area contributed by atoms with E-state index < -0.39 is 0 Å². The summed E-state index contributed by atoms with van der Waals surface area (Å²) in [6.45, 7) is 5.86. The molecule has 0 aromatic carbocycles. The topological polar surface area (TPSA) is 22.1 Å². The number of hydrogen-bond acceptors (Lipinski definition) is 2.